The topological polar surface area (TPSA) is 158 Å². The Labute approximate surface area is 161 Å². The first-order chi connectivity index (χ1) is 13.4. The number of hydrogen-bond donors (Lipinski definition) is 5. The fourth-order valence-electron chi connectivity index (χ4n) is 3.17. The summed E-state index contributed by atoms with van der Waals surface area (Å²) < 4.78 is 7.03. The molecule has 12 heteroatoms. The first-order valence-electron chi connectivity index (χ1n) is 9.07. The van der Waals surface area contributed by atoms with E-state index in [0.717, 1.165) is 6.42 Å². The van der Waals surface area contributed by atoms with E-state index in [1.54, 1.807) is 24.7 Å². The predicted molar refractivity (Wildman–Crippen MR) is 95.4 cm³/mol. The quantitative estimate of drug-likeness (QED) is 0.361. The van der Waals surface area contributed by atoms with Crippen LogP contribution in [0.2, 0.25) is 0 Å². The first kappa shape index (κ1) is 20.8. The second kappa shape index (κ2) is 9.05. The molecule has 5 atom stereocenters. The molecule has 0 aliphatic carbocycles. The van der Waals surface area contributed by atoms with E-state index in [1.807, 2.05) is 0 Å². The van der Waals surface area contributed by atoms with E-state index >= 15 is 0 Å². The molecule has 3 rings (SSSR count). The van der Waals surface area contributed by atoms with Gasteiger partial charge in [0.2, 0.25) is 0 Å². The van der Waals surface area contributed by atoms with E-state index in [2.05, 4.69) is 25.1 Å². The maximum atomic E-state index is 10.6. The lowest BCUT2D eigenvalue weighted by Gasteiger charge is -2.28. The summed E-state index contributed by atoms with van der Waals surface area (Å²) in [5.41, 5.74) is 1.09. The Kier molecular flexibility index (Phi) is 6.72. The lowest BCUT2D eigenvalue weighted by atomic mass is 9.96. The molecule has 1 fully saturated rings. The third-order valence-electron chi connectivity index (χ3n) is 4.95. The zero-order chi connectivity index (χ0) is 20.3. The monoisotopic (exact) mass is 398 g/mol. The fourth-order valence-corrected chi connectivity index (χ4v) is 3.17. The van der Waals surface area contributed by atoms with Gasteiger partial charge in [-0.25, -0.2) is 15.0 Å². The number of aliphatic hydroxyl groups is 2. The Hall–Kier alpha value is -1.93. The molecule has 1 aliphatic heterocycles. The highest BCUT2D eigenvalue weighted by atomic mass is 17.1. The number of nitrogens with one attached hydrogen (secondary N) is 1. The zero-order valence-corrected chi connectivity index (χ0v) is 15.7. The lowest BCUT2D eigenvalue weighted by molar-refractivity contribution is -0.495. The van der Waals surface area contributed by atoms with Crippen LogP contribution >= 0.6 is 0 Å². The van der Waals surface area contributed by atoms with Crippen LogP contribution in [0.5, 0.6) is 0 Å². The number of aliphatic hydroxyl groups excluding tert-OH is 2. The zero-order valence-electron chi connectivity index (χ0n) is 15.7. The summed E-state index contributed by atoms with van der Waals surface area (Å²) >= 11 is 0. The van der Waals surface area contributed by atoms with Gasteiger partial charge in [0.15, 0.2) is 11.5 Å². The van der Waals surface area contributed by atoms with Crippen molar-refractivity contribution in [2.24, 2.45) is 5.92 Å². The highest BCUT2D eigenvalue weighted by Gasteiger charge is 2.30. The number of imidazole rings is 1. The third-order valence-corrected chi connectivity index (χ3v) is 4.95. The first-order valence-corrected chi connectivity index (χ1v) is 9.07. The summed E-state index contributed by atoms with van der Waals surface area (Å²) in [5, 5.41) is 41.1. The van der Waals surface area contributed by atoms with Crippen molar-refractivity contribution in [3.8, 4) is 0 Å². The highest BCUT2D eigenvalue weighted by molar-refractivity contribution is 5.82. The standard InChI is InChI=1S/C16H26N6O6/c1-9(5-28-22(25)26)13(23)14(24)10(2)21-8-19-12-15(17-7-18-16(12)21)20-11-3-4-27-6-11/h7-11,13-14,23-26H,3-6H2,1-2H3,(H,17,18,20)/t9-,10-,11?,13-,14+/m1/s1. The maximum absolute atomic E-state index is 10.6. The molecule has 5 N–H and O–H groups in total. The second-order valence-corrected chi connectivity index (χ2v) is 7.00. The van der Waals surface area contributed by atoms with Crippen molar-refractivity contribution in [2.45, 2.75) is 44.6 Å². The summed E-state index contributed by atoms with van der Waals surface area (Å²) in [6, 6.07) is -0.397. The Morgan fingerprint density at radius 3 is 2.75 bits per heavy atom. The predicted octanol–water partition coefficient (Wildman–Crippen LogP) is -0.0420. The van der Waals surface area contributed by atoms with Gasteiger partial charge in [0.1, 0.15) is 17.9 Å². The SMILES string of the molecule is C[C@H](CON(O)O)[C@@H](O)[C@@H](O)[C@@H](C)n1cnc2c(NC3CCOC3)ncnc21. The molecule has 3 heterocycles. The van der Waals surface area contributed by atoms with Gasteiger partial charge in [-0.1, -0.05) is 6.92 Å². The summed E-state index contributed by atoms with van der Waals surface area (Å²) in [6.45, 7) is 4.46. The second-order valence-electron chi connectivity index (χ2n) is 7.00. The maximum Gasteiger partial charge on any atom is 0.165 e. The average Bonchev–Trinajstić information content (AvgIpc) is 3.34. The van der Waals surface area contributed by atoms with E-state index in [-0.39, 0.29) is 12.6 Å². The minimum atomic E-state index is -1.18. The van der Waals surface area contributed by atoms with Crippen LogP contribution in [-0.2, 0) is 9.57 Å². The van der Waals surface area contributed by atoms with Crippen molar-refractivity contribution < 1.29 is 30.2 Å². The van der Waals surface area contributed by atoms with Gasteiger partial charge < -0.3 is 24.8 Å². The number of anilines is 1. The molecule has 28 heavy (non-hydrogen) atoms. The summed E-state index contributed by atoms with van der Waals surface area (Å²) in [6.07, 6.45) is 1.49. The highest BCUT2D eigenvalue weighted by Crippen LogP contribution is 2.26. The van der Waals surface area contributed by atoms with E-state index in [4.69, 9.17) is 15.2 Å². The van der Waals surface area contributed by atoms with Crippen LogP contribution in [0.4, 0.5) is 5.82 Å². The number of nitrogens with zero attached hydrogens (tertiary/aromatic N) is 5. The third kappa shape index (κ3) is 4.55. The van der Waals surface area contributed by atoms with Crippen LogP contribution in [0.1, 0.15) is 26.3 Å². The van der Waals surface area contributed by atoms with Gasteiger partial charge in [-0.05, 0) is 13.3 Å². The smallest absolute Gasteiger partial charge is 0.165 e. The van der Waals surface area contributed by atoms with Gasteiger partial charge in [-0.2, -0.15) is 0 Å². The molecule has 156 valence electrons. The molecule has 0 radical (unpaired) electrons. The largest absolute Gasteiger partial charge is 0.390 e. The van der Waals surface area contributed by atoms with Crippen molar-refractivity contribution in [3.63, 3.8) is 0 Å². The molecule has 0 aromatic carbocycles. The molecule has 0 saturated carbocycles. The van der Waals surface area contributed by atoms with Crippen LogP contribution in [0.3, 0.4) is 0 Å². The average molecular weight is 398 g/mol. The number of hydrogen-bond acceptors (Lipinski definition) is 11. The Morgan fingerprint density at radius 2 is 2.07 bits per heavy atom. The van der Waals surface area contributed by atoms with Gasteiger partial charge in [-0.15, -0.1) is 0 Å². The molecule has 2 aromatic rings. The number of fused-ring (bicyclic) bond motifs is 1. The molecule has 0 bridgehead atoms. The van der Waals surface area contributed by atoms with Crippen LogP contribution < -0.4 is 5.32 Å². The van der Waals surface area contributed by atoms with Crippen LogP contribution in [-0.4, -0.2) is 83.6 Å². The molecular formula is C16H26N6O6. The fraction of sp³-hybridized carbons (Fsp3) is 0.688. The van der Waals surface area contributed by atoms with Gasteiger partial charge in [0, 0.05) is 12.5 Å². The van der Waals surface area contributed by atoms with Gasteiger partial charge in [0.05, 0.1) is 43.1 Å². The molecule has 1 unspecified atom stereocenters. The normalized spacial score (nSPS) is 21.8. The molecule has 1 saturated heterocycles. The van der Waals surface area contributed by atoms with Crippen molar-refractivity contribution in [1.82, 2.24) is 24.9 Å². The van der Waals surface area contributed by atoms with Crippen molar-refractivity contribution in [2.75, 3.05) is 25.1 Å². The lowest BCUT2D eigenvalue weighted by Crippen LogP contribution is -2.40. The number of ether oxygens (including phenoxy) is 1. The van der Waals surface area contributed by atoms with Crippen LogP contribution in [0.15, 0.2) is 12.7 Å². The van der Waals surface area contributed by atoms with E-state index in [1.165, 1.54) is 6.33 Å². The Balaban J connectivity index is 1.75. The van der Waals surface area contributed by atoms with Gasteiger partial charge >= 0.3 is 0 Å². The molecule has 0 amide bonds. The Bertz CT molecular complexity index is 767. The minimum absolute atomic E-state index is 0.159. The van der Waals surface area contributed by atoms with Crippen molar-refractivity contribution >= 4 is 17.0 Å². The van der Waals surface area contributed by atoms with Crippen LogP contribution in [0.25, 0.3) is 11.2 Å². The minimum Gasteiger partial charge on any atom is -0.390 e. The molecule has 12 nitrogen and oxygen atoms in total. The number of aromatic nitrogens is 4. The van der Waals surface area contributed by atoms with Crippen molar-refractivity contribution in [3.05, 3.63) is 12.7 Å². The number of rotatable bonds is 9. The van der Waals surface area contributed by atoms with Gasteiger partial charge in [-0.3, -0.25) is 15.3 Å². The Morgan fingerprint density at radius 1 is 1.29 bits per heavy atom. The summed E-state index contributed by atoms with van der Waals surface area (Å²) in [4.78, 5) is 17.4. The van der Waals surface area contributed by atoms with E-state index < -0.39 is 29.6 Å². The summed E-state index contributed by atoms with van der Waals surface area (Å²) in [5.74, 6) is 0.0255. The molecule has 0 spiro atoms. The van der Waals surface area contributed by atoms with Gasteiger partial charge in [0.25, 0.3) is 0 Å². The van der Waals surface area contributed by atoms with Crippen LogP contribution in [0, 0.1) is 5.92 Å². The summed E-state index contributed by atoms with van der Waals surface area (Å²) in [7, 11) is 0. The van der Waals surface area contributed by atoms with E-state index in [0.29, 0.717) is 30.2 Å². The van der Waals surface area contributed by atoms with E-state index in [9.17, 15) is 10.2 Å². The molecular weight excluding hydrogens is 372 g/mol. The van der Waals surface area contributed by atoms with Crippen molar-refractivity contribution in [1.29, 1.82) is 0 Å². The molecule has 2 aromatic heterocycles. The molecule has 1 aliphatic rings.